The summed E-state index contributed by atoms with van der Waals surface area (Å²) in [5.74, 6) is 0.486. The van der Waals surface area contributed by atoms with E-state index in [9.17, 15) is 13.5 Å². The SMILES string of the molecule is CCCC(O)c1noc(C2CCCCS2(=O)=O)n1. The molecule has 1 aliphatic rings. The minimum absolute atomic E-state index is 0.125. The van der Waals surface area contributed by atoms with Crippen LogP contribution in [0.5, 0.6) is 0 Å². The van der Waals surface area contributed by atoms with Crippen molar-refractivity contribution in [3.05, 3.63) is 11.7 Å². The standard InChI is InChI=1S/C11H18N2O4S/c1-2-5-8(14)10-12-11(17-13-10)9-6-3-4-7-18(9,15)16/h8-9,14H,2-7H2,1H3. The van der Waals surface area contributed by atoms with Crippen LogP contribution in [0.4, 0.5) is 0 Å². The molecule has 0 aromatic carbocycles. The smallest absolute Gasteiger partial charge is 0.245 e. The van der Waals surface area contributed by atoms with Crippen LogP contribution < -0.4 is 0 Å². The van der Waals surface area contributed by atoms with Crippen molar-refractivity contribution in [2.75, 3.05) is 5.75 Å². The van der Waals surface area contributed by atoms with Gasteiger partial charge in [0, 0.05) is 0 Å². The molecule has 7 heteroatoms. The first-order valence-electron chi connectivity index (χ1n) is 6.27. The molecule has 18 heavy (non-hydrogen) atoms. The Morgan fingerprint density at radius 3 is 2.94 bits per heavy atom. The summed E-state index contributed by atoms with van der Waals surface area (Å²) in [6.45, 7) is 1.94. The summed E-state index contributed by atoms with van der Waals surface area (Å²) in [6, 6.07) is 0. The lowest BCUT2D eigenvalue weighted by Crippen LogP contribution is -2.21. The fraction of sp³-hybridized carbons (Fsp3) is 0.818. The van der Waals surface area contributed by atoms with Gasteiger partial charge in [-0.3, -0.25) is 0 Å². The predicted molar refractivity (Wildman–Crippen MR) is 64.5 cm³/mol. The normalized spacial score (nSPS) is 24.9. The van der Waals surface area contributed by atoms with E-state index >= 15 is 0 Å². The zero-order valence-electron chi connectivity index (χ0n) is 10.4. The quantitative estimate of drug-likeness (QED) is 0.895. The number of aromatic nitrogens is 2. The number of nitrogens with zero attached hydrogens (tertiary/aromatic N) is 2. The molecule has 1 N–H and O–H groups in total. The van der Waals surface area contributed by atoms with Crippen LogP contribution >= 0.6 is 0 Å². The van der Waals surface area contributed by atoms with E-state index in [1.807, 2.05) is 6.92 Å². The monoisotopic (exact) mass is 274 g/mol. The Labute approximate surface area is 106 Å². The van der Waals surface area contributed by atoms with Crippen LogP contribution in [0.15, 0.2) is 4.52 Å². The van der Waals surface area contributed by atoms with Gasteiger partial charge in [-0.15, -0.1) is 0 Å². The Morgan fingerprint density at radius 1 is 1.50 bits per heavy atom. The van der Waals surface area contributed by atoms with E-state index in [0.717, 1.165) is 12.8 Å². The Hall–Kier alpha value is -0.950. The number of aliphatic hydroxyl groups is 1. The first-order valence-corrected chi connectivity index (χ1v) is 7.99. The highest BCUT2D eigenvalue weighted by Crippen LogP contribution is 2.32. The average molecular weight is 274 g/mol. The second-order valence-electron chi connectivity index (χ2n) is 4.65. The van der Waals surface area contributed by atoms with Crippen LogP contribution in [-0.4, -0.2) is 29.4 Å². The second-order valence-corrected chi connectivity index (χ2v) is 6.95. The lowest BCUT2D eigenvalue weighted by atomic mass is 10.2. The van der Waals surface area contributed by atoms with E-state index in [1.54, 1.807) is 0 Å². The van der Waals surface area contributed by atoms with Crippen molar-refractivity contribution in [3.63, 3.8) is 0 Å². The van der Waals surface area contributed by atoms with Gasteiger partial charge in [-0.1, -0.05) is 24.9 Å². The molecule has 0 bridgehead atoms. The van der Waals surface area contributed by atoms with Crippen molar-refractivity contribution in [1.29, 1.82) is 0 Å². The van der Waals surface area contributed by atoms with Gasteiger partial charge < -0.3 is 9.63 Å². The Morgan fingerprint density at radius 2 is 2.28 bits per heavy atom. The van der Waals surface area contributed by atoms with Crippen LogP contribution in [0, 0.1) is 0 Å². The maximum atomic E-state index is 11.9. The molecule has 1 aromatic heterocycles. The fourth-order valence-corrected chi connectivity index (χ4v) is 3.97. The van der Waals surface area contributed by atoms with E-state index in [1.165, 1.54) is 0 Å². The van der Waals surface area contributed by atoms with Crippen LogP contribution in [0.1, 0.15) is 62.1 Å². The Bertz CT molecular complexity index is 497. The first kappa shape index (κ1) is 13.5. The third-order valence-corrected chi connectivity index (χ3v) is 5.33. The molecular formula is C11H18N2O4S. The molecule has 0 spiro atoms. The molecule has 2 rings (SSSR count). The van der Waals surface area contributed by atoms with Gasteiger partial charge in [0.2, 0.25) is 5.89 Å². The third kappa shape index (κ3) is 2.72. The van der Waals surface area contributed by atoms with Crippen molar-refractivity contribution in [2.24, 2.45) is 0 Å². The first-order chi connectivity index (χ1) is 8.54. The lowest BCUT2D eigenvalue weighted by molar-refractivity contribution is 0.152. The fourth-order valence-electron chi connectivity index (χ4n) is 2.15. The largest absolute Gasteiger partial charge is 0.385 e. The van der Waals surface area contributed by atoms with Gasteiger partial charge in [0.05, 0.1) is 5.75 Å². The van der Waals surface area contributed by atoms with Crippen molar-refractivity contribution in [1.82, 2.24) is 10.1 Å². The second kappa shape index (κ2) is 5.36. The van der Waals surface area contributed by atoms with E-state index < -0.39 is 21.2 Å². The van der Waals surface area contributed by atoms with Gasteiger partial charge in [0.15, 0.2) is 15.7 Å². The van der Waals surface area contributed by atoms with Crippen molar-refractivity contribution < 1.29 is 18.0 Å². The maximum Gasteiger partial charge on any atom is 0.245 e. The molecule has 0 aliphatic carbocycles. The maximum absolute atomic E-state index is 11.9. The molecule has 1 aliphatic heterocycles. The Balaban J connectivity index is 2.19. The number of hydrogen-bond donors (Lipinski definition) is 1. The summed E-state index contributed by atoms with van der Waals surface area (Å²) in [7, 11) is -3.18. The number of hydrogen-bond acceptors (Lipinski definition) is 6. The number of rotatable bonds is 4. The van der Waals surface area contributed by atoms with Crippen molar-refractivity contribution in [3.8, 4) is 0 Å². The van der Waals surface area contributed by atoms with Crippen LogP contribution in [-0.2, 0) is 9.84 Å². The molecule has 0 radical (unpaired) electrons. The molecule has 1 fully saturated rings. The van der Waals surface area contributed by atoms with Gasteiger partial charge in [-0.05, 0) is 19.3 Å². The van der Waals surface area contributed by atoms with Crippen LogP contribution in [0.3, 0.4) is 0 Å². The van der Waals surface area contributed by atoms with Crippen LogP contribution in [0.2, 0.25) is 0 Å². The summed E-state index contributed by atoms with van der Waals surface area (Å²) >= 11 is 0. The van der Waals surface area contributed by atoms with E-state index in [2.05, 4.69) is 10.1 Å². The predicted octanol–water partition coefficient (Wildman–Crippen LogP) is 1.54. The van der Waals surface area contributed by atoms with Gasteiger partial charge in [-0.25, -0.2) is 8.42 Å². The topological polar surface area (TPSA) is 93.3 Å². The van der Waals surface area contributed by atoms with Crippen molar-refractivity contribution >= 4 is 9.84 Å². The molecule has 2 heterocycles. The van der Waals surface area contributed by atoms with E-state index in [0.29, 0.717) is 19.3 Å². The summed E-state index contributed by atoms with van der Waals surface area (Å²) in [5, 5.41) is 12.7. The molecule has 102 valence electrons. The van der Waals surface area contributed by atoms with Gasteiger partial charge in [-0.2, -0.15) is 4.98 Å². The summed E-state index contributed by atoms with van der Waals surface area (Å²) < 4.78 is 28.8. The minimum atomic E-state index is -3.18. The molecule has 6 nitrogen and oxygen atoms in total. The van der Waals surface area contributed by atoms with Crippen LogP contribution in [0.25, 0.3) is 0 Å². The van der Waals surface area contributed by atoms with E-state index in [-0.39, 0.29) is 17.5 Å². The number of aliphatic hydroxyl groups excluding tert-OH is 1. The zero-order valence-corrected chi connectivity index (χ0v) is 11.2. The zero-order chi connectivity index (χ0) is 13.2. The molecule has 2 atom stereocenters. The average Bonchev–Trinajstić information content (AvgIpc) is 2.78. The van der Waals surface area contributed by atoms with E-state index in [4.69, 9.17) is 4.52 Å². The molecule has 1 saturated heterocycles. The minimum Gasteiger partial charge on any atom is -0.385 e. The summed E-state index contributed by atoms with van der Waals surface area (Å²) in [4.78, 5) is 4.04. The molecule has 1 aromatic rings. The van der Waals surface area contributed by atoms with Crippen molar-refractivity contribution in [2.45, 2.75) is 50.4 Å². The summed E-state index contributed by atoms with van der Waals surface area (Å²) in [6.07, 6.45) is 2.62. The molecule has 0 amide bonds. The summed E-state index contributed by atoms with van der Waals surface area (Å²) in [5.41, 5.74) is 0. The third-order valence-electron chi connectivity index (χ3n) is 3.17. The van der Waals surface area contributed by atoms with Gasteiger partial charge in [0.1, 0.15) is 11.4 Å². The highest BCUT2D eigenvalue weighted by molar-refractivity contribution is 7.91. The Kier molecular flexibility index (Phi) is 4.01. The highest BCUT2D eigenvalue weighted by Gasteiger charge is 2.35. The van der Waals surface area contributed by atoms with Gasteiger partial charge >= 0.3 is 0 Å². The molecule has 2 unspecified atom stereocenters. The highest BCUT2D eigenvalue weighted by atomic mass is 32.2. The molecule has 0 saturated carbocycles. The number of sulfone groups is 1. The molecular weight excluding hydrogens is 256 g/mol. The van der Waals surface area contributed by atoms with Gasteiger partial charge in [0.25, 0.3) is 0 Å². The lowest BCUT2D eigenvalue weighted by Gasteiger charge is -2.18.